The summed E-state index contributed by atoms with van der Waals surface area (Å²) in [5, 5.41) is 10.5. The molecule has 0 saturated carbocycles. The highest BCUT2D eigenvalue weighted by molar-refractivity contribution is 6.46. The normalized spacial score (nSPS) is 14.3. The third kappa shape index (κ3) is 3.44. The van der Waals surface area contributed by atoms with Gasteiger partial charge in [0.05, 0.1) is 11.4 Å². The molecule has 7 heteroatoms. The molecule has 0 bridgehead atoms. The number of para-hydroxylation sites is 2. The van der Waals surface area contributed by atoms with Crippen LogP contribution in [0.5, 0.6) is 5.75 Å². The number of nitrogens with zero attached hydrogens (tertiary/aromatic N) is 2. The average molecular weight is 419 g/mol. The molecule has 1 heterocycles. The molecule has 0 aromatic heterocycles. The molecule has 4 amide bonds. The van der Waals surface area contributed by atoms with Crippen LogP contribution in [-0.2, 0) is 9.59 Å². The maximum absolute atomic E-state index is 13.2. The van der Waals surface area contributed by atoms with Crippen molar-refractivity contribution < 1.29 is 19.5 Å². The van der Waals surface area contributed by atoms with E-state index >= 15 is 0 Å². The lowest BCUT2D eigenvalue weighted by molar-refractivity contribution is -0.121. The predicted octanol–water partition coefficient (Wildman–Crippen LogP) is 4.63. The van der Waals surface area contributed by atoms with Crippen molar-refractivity contribution in [2.75, 3.05) is 9.80 Å². The van der Waals surface area contributed by atoms with Crippen LogP contribution < -0.4 is 9.80 Å². The standard InChI is InChI=1S/C23H15ClN2O4/c24-16-11-12-20(27)15(13-16)14-19-21(28)25(17-7-3-1-4-8-17)23(30)26(22(19)29)18-9-5-2-6-10-18/h1-14,27H. The molecule has 6 nitrogen and oxygen atoms in total. The van der Waals surface area contributed by atoms with Crippen LogP contribution in [0.4, 0.5) is 16.2 Å². The van der Waals surface area contributed by atoms with E-state index in [1.54, 1.807) is 60.7 Å². The van der Waals surface area contributed by atoms with E-state index in [1.165, 1.54) is 24.3 Å². The summed E-state index contributed by atoms with van der Waals surface area (Å²) >= 11 is 5.99. The van der Waals surface area contributed by atoms with Crippen LogP contribution in [0.2, 0.25) is 5.02 Å². The van der Waals surface area contributed by atoms with Crippen LogP contribution >= 0.6 is 11.6 Å². The van der Waals surface area contributed by atoms with Gasteiger partial charge in [0.2, 0.25) is 0 Å². The third-order valence-corrected chi connectivity index (χ3v) is 4.80. The number of hydrogen-bond donors (Lipinski definition) is 1. The zero-order chi connectivity index (χ0) is 21.3. The number of phenolic OH excluding ortho intramolecular Hbond substituents is 1. The zero-order valence-corrected chi connectivity index (χ0v) is 16.3. The van der Waals surface area contributed by atoms with E-state index in [0.717, 1.165) is 9.80 Å². The van der Waals surface area contributed by atoms with Crippen molar-refractivity contribution in [3.8, 4) is 5.75 Å². The first-order valence-electron chi connectivity index (χ1n) is 9.00. The molecule has 0 aliphatic carbocycles. The molecular formula is C23H15ClN2O4. The van der Waals surface area contributed by atoms with Crippen molar-refractivity contribution in [1.82, 2.24) is 0 Å². The van der Waals surface area contributed by atoms with Crippen LogP contribution in [0.25, 0.3) is 6.08 Å². The highest BCUT2D eigenvalue weighted by Crippen LogP contribution is 2.31. The molecule has 3 aromatic carbocycles. The first kappa shape index (κ1) is 19.4. The van der Waals surface area contributed by atoms with Crippen molar-refractivity contribution in [3.63, 3.8) is 0 Å². The summed E-state index contributed by atoms with van der Waals surface area (Å²) < 4.78 is 0. The van der Waals surface area contributed by atoms with E-state index in [-0.39, 0.29) is 16.9 Å². The molecule has 30 heavy (non-hydrogen) atoms. The first-order chi connectivity index (χ1) is 14.5. The highest BCUT2D eigenvalue weighted by Gasteiger charge is 2.43. The highest BCUT2D eigenvalue weighted by atomic mass is 35.5. The van der Waals surface area contributed by atoms with E-state index in [9.17, 15) is 19.5 Å². The molecule has 1 aliphatic heterocycles. The smallest absolute Gasteiger partial charge is 0.343 e. The minimum Gasteiger partial charge on any atom is -0.507 e. The van der Waals surface area contributed by atoms with Crippen LogP contribution in [0.1, 0.15) is 5.56 Å². The van der Waals surface area contributed by atoms with Gasteiger partial charge in [-0.1, -0.05) is 48.0 Å². The number of urea groups is 1. The van der Waals surface area contributed by atoms with Crippen molar-refractivity contribution in [2.45, 2.75) is 0 Å². The van der Waals surface area contributed by atoms with Crippen LogP contribution in [0.15, 0.2) is 84.4 Å². The second-order valence-electron chi connectivity index (χ2n) is 6.50. The number of phenols is 1. The van der Waals surface area contributed by atoms with Gasteiger partial charge in [-0.05, 0) is 48.5 Å². The second kappa shape index (κ2) is 7.85. The van der Waals surface area contributed by atoms with E-state index in [1.807, 2.05) is 0 Å². The van der Waals surface area contributed by atoms with Gasteiger partial charge in [0.25, 0.3) is 11.8 Å². The van der Waals surface area contributed by atoms with Gasteiger partial charge in [0.1, 0.15) is 11.3 Å². The number of anilines is 2. The van der Waals surface area contributed by atoms with E-state index in [0.29, 0.717) is 16.4 Å². The quantitative estimate of drug-likeness (QED) is 0.497. The Labute approximate surface area is 177 Å². The number of aromatic hydroxyl groups is 1. The van der Waals surface area contributed by atoms with Crippen molar-refractivity contribution in [2.24, 2.45) is 0 Å². The summed E-state index contributed by atoms with van der Waals surface area (Å²) in [5.41, 5.74) is 0.554. The molecule has 4 rings (SSSR count). The van der Waals surface area contributed by atoms with Crippen molar-refractivity contribution >= 4 is 46.9 Å². The van der Waals surface area contributed by atoms with Gasteiger partial charge in [-0.25, -0.2) is 14.6 Å². The van der Waals surface area contributed by atoms with Gasteiger partial charge in [-0.3, -0.25) is 9.59 Å². The molecule has 1 fully saturated rings. The summed E-state index contributed by atoms with van der Waals surface area (Å²) in [6.45, 7) is 0. The number of imide groups is 2. The van der Waals surface area contributed by atoms with E-state index in [4.69, 9.17) is 11.6 Å². The summed E-state index contributed by atoms with van der Waals surface area (Å²) in [4.78, 5) is 41.4. The first-order valence-corrected chi connectivity index (χ1v) is 9.38. The number of amides is 4. The van der Waals surface area contributed by atoms with E-state index in [2.05, 4.69) is 0 Å². The molecule has 3 aromatic rings. The van der Waals surface area contributed by atoms with Gasteiger partial charge >= 0.3 is 6.03 Å². The Morgan fingerprint density at radius 2 is 1.23 bits per heavy atom. The van der Waals surface area contributed by atoms with Crippen LogP contribution in [-0.4, -0.2) is 23.0 Å². The lowest BCUT2D eigenvalue weighted by Crippen LogP contribution is -2.57. The van der Waals surface area contributed by atoms with Gasteiger partial charge in [-0.2, -0.15) is 0 Å². The third-order valence-electron chi connectivity index (χ3n) is 4.57. The van der Waals surface area contributed by atoms with Gasteiger partial charge in [0.15, 0.2) is 0 Å². The van der Waals surface area contributed by atoms with Gasteiger partial charge in [-0.15, -0.1) is 0 Å². The number of carbonyl (C=O) groups excluding carboxylic acids is 3. The minimum atomic E-state index is -0.789. The number of hydrogen-bond acceptors (Lipinski definition) is 4. The number of benzene rings is 3. The number of carbonyl (C=O) groups is 3. The Kier molecular flexibility index (Phi) is 5.08. The lowest BCUT2D eigenvalue weighted by atomic mass is 10.0. The monoisotopic (exact) mass is 418 g/mol. The topological polar surface area (TPSA) is 77.9 Å². The van der Waals surface area contributed by atoms with Crippen LogP contribution in [0, 0.1) is 0 Å². The van der Waals surface area contributed by atoms with Crippen molar-refractivity contribution in [3.05, 3.63) is 95.0 Å². The van der Waals surface area contributed by atoms with Crippen molar-refractivity contribution in [1.29, 1.82) is 0 Å². The molecule has 0 spiro atoms. The zero-order valence-electron chi connectivity index (χ0n) is 15.5. The minimum absolute atomic E-state index is 0.151. The Hall–Kier alpha value is -3.90. The Morgan fingerprint density at radius 3 is 1.73 bits per heavy atom. The molecule has 0 unspecified atom stereocenters. The second-order valence-corrected chi connectivity index (χ2v) is 6.93. The molecular weight excluding hydrogens is 404 g/mol. The molecule has 1 saturated heterocycles. The fourth-order valence-electron chi connectivity index (χ4n) is 3.14. The fraction of sp³-hybridized carbons (Fsp3) is 0. The van der Waals surface area contributed by atoms with Crippen LogP contribution in [0.3, 0.4) is 0 Å². The number of halogens is 1. The molecule has 0 radical (unpaired) electrons. The van der Waals surface area contributed by atoms with Gasteiger partial charge < -0.3 is 5.11 Å². The fourth-order valence-corrected chi connectivity index (χ4v) is 3.32. The summed E-state index contributed by atoms with van der Waals surface area (Å²) in [7, 11) is 0. The summed E-state index contributed by atoms with van der Waals surface area (Å²) in [6.07, 6.45) is 1.24. The molecule has 1 N–H and O–H groups in total. The molecule has 1 aliphatic rings. The van der Waals surface area contributed by atoms with Gasteiger partial charge in [0, 0.05) is 10.6 Å². The maximum atomic E-state index is 13.2. The maximum Gasteiger partial charge on any atom is 0.343 e. The van der Waals surface area contributed by atoms with E-state index < -0.39 is 17.8 Å². The molecule has 0 atom stereocenters. The number of barbiturate groups is 1. The average Bonchev–Trinajstić information content (AvgIpc) is 2.75. The predicted molar refractivity (Wildman–Crippen MR) is 114 cm³/mol. The Morgan fingerprint density at radius 1 is 0.733 bits per heavy atom. The molecule has 148 valence electrons. The lowest BCUT2D eigenvalue weighted by Gasteiger charge is -2.33. The number of rotatable bonds is 3. The Bertz CT molecular complexity index is 1110. The summed E-state index contributed by atoms with van der Waals surface area (Å²) in [6, 6.07) is 20.1. The largest absolute Gasteiger partial charge is 0.507 e. The Balaban J connectivity index is 1.90. The summed E-state index contributed by atoms with van der Waals surface area (Å²) in [5.74, 6) is -1.73. The SMILES string of the molecule is O=C1C(=Cc2cc(Cl)ccc2O)C(=O)N(c2ccccc2)C(=O)N1c1ccccc1.